The van der Waals surface area contributed by atoms with Crippen molar-refractivity contribution in [2.45, 2.75) is 18.2 Å². The van der Waals surface area contributed by atoms with Crippen LogP contribution >= 0.6 is 27.7 Å². The smallest absolute Gasteiger partial charge is 0.147 e. The van der Waals surface area contributed by atoms with Gasteiger partial charge in [-0.05, 0) is 30.7 Å². The number of aryl methyl sites for hydroxylation is 1. The van der Waals surface area contributed by atoms with Gasteiger partial charge in [0.25, 0.3) is 0 Å². The van der Waals surface area contributed by atoms with Gasteiger partial charge in [0.15, 0.2) is 0 Å². The van der Waals surface area contributed by atoms with E-state index < -0.39 is 0 Å². The van der Waals surface area contributed by atoms with Crippen LogP contribution < -0.4 is 0 Å². The summed E-state index contributed by atoms with van der Waals surface area (Å²) in [7, 11) is 0. The standard InChI is InChI=1S/C16H15BrOS/c1-12-5-4-7-15(9-12)19-11-14(18)10-13-6-2-3-8-16(13)17/h2-9H,10-11H2,1H3. The Balaban J connectivity index is 1.90. The Morgan fingerprint density at radius 3 is 2.68 bits per heavy atom. The van der Waals surface area contributed by atoms with Crippen LogP contribution in [0, 0.1) is 6.92 Å². The summed E-state index contributed by atoms with van der Waals surface area (Å²) in [5.74, 6) is 0.767. The van der Waals surface area contributed by atoms with Gasteiger partial charge in [-0.15, -0.1) is 11.8 Å². The van der Waals surface area contributed by atoms with Crippen molar-refractivity contribution in [3.8, 4) is 0 Å². The van der Waals surface area contributed by atoms with Gasteiger partial charge in [-0.2, -0.15) is 0 Å². The van der Waals surface area contributed by atoms with E-state index >= 15 is 0 Å². The van der Waals surface area contributed by atoms with E-state index in [0.29, 0.717) is 12.2 Å². The second kappa shape index (κ2) is 6.92. The van der Waals surface area contributed by atoms with Crippen molar-refractivity contribution in [2.24, 2.45) is 0 Å². The molecule has 0 spiro atoms. The molecule has 0 unspecified atom stereocenters. The third kappa shape index (κ3) is 4.51. The van der Waals surface area contributed by atoms with Gasteiger partial charge in [0.05, 0.1) is 5.75 Å². The highest BCUT2D eigenvalue weighted by Crippen LogP contribution is 2.21. The molecule has 0 bridgehead atoms. The van der Waals surface area contributed by atoms with Crippen LogP contribution in [0.15, 0.2) is 57.9 Å². The van der Waals surface area contributed by atoms with Gasteiger partial charge in [0.1, 0.15) is 5.78 Å². The van der Waals surface area contributed by atoms with Crippen LogP contribution in [-0.2, 0) is 11.2 Å². The highest BCUT2D eigenvalue weighted by molar-refractivity contribution is 9.10. The molecule has 0 aliphatic heterocycles. The van der Waals surface area contributed by atoms with Crippen LogP contribution in [0.1, 0.15) is 11.1 Å². The van der Waals surface area contributed by atoms with Gasteiger partial charge < -0.3 is 0 Å². The number of hydrogen-bond acceptors (Lipinski definition) is 2. The van der Waals surface area contributed by atoms with Gasteiger partial charge >= 0.3 is 0 Å². The number of carbonyl (C=O) groups is 1. The normalized spacial score (nSPS) is 10.4. The maximum Gasteiger partial charge on any atom is 0.147 e. The van der Waals surface area contributed by atoms with Gasteiger partial charge in [-0.3, -0.25) is 4.79 Å². The molecule has 0 heterocycles. The van der Waals surface area contributed by atoms with E-state index in [9.17, 15) is 4.79 Å². The zero-order chi connectivity index (χ0) is 13.7. The van der Waals surface area contributed by atoms with E-state index in [-0.39, 0.29) is 5.78 Å². The summed E-state index contributed by atoms with van der Waals surface area (Å²) >= 11 is 5.07. The number of Topliss-reactive ketones (excluding diaryl/α,β-unsaturated/α-hetero) is 1. The highest BCUT2D eigenvalue weighted by Gasteiger charge is 2.07. The predicted molar refractivity (Wildman–Crippen MR) is 84.8 cm³/mol. The quantitative estimate of drug-likeness (QED) is 0.739. The van der Waals surface area contributed by atoms with Gasteiger partial charge in [-0.25, -0.2) is 0 Å². The Kier molecular flexibility index (Phi) is 5.23. The molecule has 0 N–H and O–H groups in total. The summed E-state index contributed by atoms with van der Waals surface area (Å²) in [6, 6.07) is 16.1. The zero-order valence-corrected chi connectivity index (χ0v) is 13.1. The van der Waals surface area contributed by atoms with E-state index in [1.807, 2.05) is 36.4 Å². The fourth-order valence-electron chi connectivity index (χ4n) is 1.77. The first-order chi connectivity index (χ1) is 9.15. The lowest BCUT2D eigenvalue weighted by Crippen LogP contribution is -2.06. The Morgan fingerprint density at radius 2 is 1.95 bits per heavy atom. The molecule has 1 nitrogen and oxygen atoms in total. The molecule has 2 aromatic rings. The lowest BCUT2D eigenvalue weighted by atomic mass is 10.1. The number of rotatable bonds is 5. The third-order valence-electron chi connectivity index (χ3n) is 2.73. The van der Waals surface area contributed by atoms with E-state index in [0.717, 1.165) is 14.9 Å². The van der Waals surface area contributed by atoms with Crippen molar-refractivity contribution >= 4 is 33.5 Å². The van der Waals surface area contributed by atoms with E-state index in [2.05, 4.69) is 35.0 Å². The van der Waals surface area contributed by atoms with Gasteiger partial charge in [-0.1, -0.05) is 51.8 Å². The third-order valence-corrected chi connectivity index (χ3v) is 4.56. The lowest BCUT2D eigenvalue weighted by Gasteiger charge is -2.04. The lowest BCUT2D eigenvalue weighted by molar-refractivity contribution is -0.116. The number of benzene rings is 2. The number of ketones is 1. The first-order valence-corrected chi connectivity index (χ1v) is 7.87. The number of thioether (sulfide) groups is 1. The summed E-state index contributed by atoms with van der Waals surface area (Å²) in [4.78, 5) is 13.1. The summed E-state index contributed by atoms with van der Waals surface area (Å²) in [5.41, 5.74) is 2.28. The van der Waals surface area contributed by atoms with Crippen molar-refractivity contribution in [3.05, 3.63) is 64.1 Å². The van der Waals surface area contributed by atoms with Gasteiger partial charge in [0, 0.05) is 15.8 Å². The summed E-state index contributed by atoms with van der Waals surface area (Å²) in [5, 5.41) is 0. The van der Waals surface area contributed by atoms with E-state index in [1.165, 1.54) is 5.56 Å². The molecule has 0 saturated heterocycles. The molecular weight excluding hydrogens is 320 g/mol. The van der Waals surface area contributed by atoms with Crippen molar-refractivity contribution in [2.75, 3.05) is 5.75 Å². The first-order valence-electron chi connectivity index (χ1n) is 6.10. The maximum absolute atomic E-state index is 12.0. The molecule has 3 heteroatoms. The molecule has 0 aromatic heterocycles. The zero-order valence-electron chi connectivity index (χ0n) is 10.7. The largest absolute Gasteiger partial charge is 0.298 e. The molecule has 0 aliphatic carbocycles. The average molecular weight is 335 g/mol. The molecule has 98 valence electrons. The molecule has 2 aromatic carbocycles. The van der Waals surface area contributed by atoms with Crippen LogP contribution in [0.2, 0.25) is 0 Å². The summed E-state index contributed by atoms with van der Waals surface area (Å²) in [6.45, 7) is 2.06. The van der Waals surface area contributed by atoms with Crippen LogP contribution in [0.3, 0.4) is 0 Å². The van der Waals surface area contributed by atoms with Crippen LogP contribution in [0.4, 0.5) is 0 Å². The second-order valence-electron chi connectivity index (χ2n) is 4.41. The van der Waals surface area contributed by atoms with Crippen molar-refractivity contribution in [1.82, 2.24) is 0 Å². The minimum atomic E-state index is 0.249. The molecule has 0 radical (unpaired) electrons. The Morgan fingerprint density at radius 1 is 1.16 bits per heavy atom. The van der Waals surface area contributed by atoms with Gasteiger partial charge in [0.2, 0.25) is 0 Å². The van der Waals surface area contributed by atoms with E-state index in [1.54, 1.807) is 11.8 Å². The van der Waals surface area contributed by atoms with Crippen molar-refractivity contribution in [1.29, 1.82) is 0 Å². The number of carbonyl (C=O) groups excluding carboxylic acids is 1. The summed E-state index contributed by atoms with van der Waals surface area (Å²) < 4.78 is 1.00. The molecule has 0 fully saturated rings. The SMILES string of the molecule is Cc1cccc(SCC(=O)Cc2ccccc2Br)c1. The monoisotopic (exact) mass is 334 g/mol. The fraction of sp³-hybridized carbons (Fsp3) is 0.188. The first kappa shape index (κ1) is 14.4. The molecule has 19 heavy (non-hydrogen) atoms. The van der Waals surface area contributed by atoms with Crippen molar-refractivity contribution in [3.63, 3.8) is 0 Å². The average Bonchev–Trinajstić information content (AvgIpc) is 2.39. The Bertz CT molecular complexity index is 580. The molecule has 2 rings (SSSR count). The number of halogens is 1. The fourth-order valence-corrected chi connectivity index (χ4v) is 3.07. The van der Waals surface area contributed by atoms with E-state index in [4.69, 9.17) is 0 Å². The Hall–Kier alpha value is -1.06. The molecule has 0 atom stereocenters. The Labute approximate surface area is 126 Å². The highest BCUT2D eigenvalue weighted by atomic mass is 79.9. The maximum atomic E-state index is 12.0. The van der Waals surface area contributed by atoms with Crippen LogP contribution in [0.25, 0.3) is 0 Å². The molecule has 0 amide bonds. The van der Waals surface area contributed by atoms with Crippen LogP contribution in [-0.4, -0.2) is 11.5 Å². The topological polar surface area (TPSA) is 17.1 Å². The second-order valence-corrected chi connectivity index (χ2v) is 6.32. The minimum Gasteiger partial charge on any atom is -0.298 e. The van der Waals surface area contributed by atoms with Crippen LogP contribution in [0.5, 0.6) is 0 Å². The molecule has 0 aliphatic rings. The summed E-state index contributed by atoms with van der Waals surface area (Å²) in [6.07, 6.45) is 0.486. The van der Waals surface area contributed by atoms with Crippen molar-refractivity contribution < 1.29 is 4.79 Å². The minimum absolute atomic E-state index is 0.249. The molecule has 0 saturated carbocycles. The number of hydrogen-bond donors (Lipinski definition) is 0. The molecular formula is C16H15BrOS. The predicted octanol–water partition coefficient (Wildman–Crippen LogP) is 4.66.